The van der Waals surface area contributed by atoms with E-state index in [-0.39, 0.29) is 61.2 Å². The number of carboxylic acids is 1. The number of aliphatic hydroxyl groups excluding tert-OH is 1. The average molecular weight is 569 g/mol. The van der Waals surface area contributed by atoms with Gasteiger partial charge in [-0.25, -0.2) is 9.59 Å². The van der Waals surface area contributed by atoms with Crippen LogP contribution in [0, 0.1) is 20.2 Å². The number of carboxylic acid groups (broad SMARTS) is 1. The minimum absolute atomic E-state index is 0.0317. The number of ether oxygens (including phenoxy) is 2. The normalized spacial score (nSPS) is 10.5. The highest BCUT2D eigenvalue weighted by atomic mass is 16.6. The molecule has 14 heteroatoms. The summed E-state index contributed by atoms with van der Waals surface area (Å²) in [5.74, 6) is -1.91. The Morgan fingerprint density at radius 3 is 1.90 bits per heavy atom. The molecule has 2 N–H and O–H groups in total. The lowest BCUT2D eigenvalue weighted by atomic mass is 10.1. The van der Waals surface area contributed by atoms with Gasteiger partial charge in [0.2, 0.25) is 0 Å². The number of benzene rings is 3. The number of likely N-dealkylation sites (N-methyl/N-ethyl adjacent to an activating group) is 1. The highest BCUT2D eigenvalue weighted by molar-refractivity contribution is 5.95. The van der Waals surface area contributed by atoms with Crippen molar-refractivity contribution in [3.63, 3.8) is 0 Å². The van der Waals surface area contributed by atoms with E-state index in [4.69, 9.17) is 9.47 Å². The molecule has 0 saturated carbocycles. The van der Waals surface area contributed by atoms with Crippen molar-refractivity contribution in [1.29, 1.82) is 0 Å². The van der Waals surface area contributed by atoms with Crippen LogP contribution < -0.4 is 14.5 Å². The van der Waals surface area contributed by atoms with Gasteiger partial charge in [-0.05, 0) is 42.5 Å². The van der Waals surface area contributed by atoms with Crippen molar-refractivity contribution in [3.05, 3.63) is 98.1 Å². The van der Waals surface area contributed by atoms with Crippen LogP contribution in [-0.4, -0.2) is 78.5 Å². The SMILES string of the molecule is CN(CCOc1cc(C(=O)O)cc(C(=O)OCCN(CCO)c2ccc([N+](=O)[O-])cc2)c1)c1ccc([N+](=O)[O-])cc1. The number of hydrogen-bond donors (Lipinski definition) is 2. The molecule has 0 unspecified atom stereocenters. The molecular formula is C27H28N4O10. The maximum atomic E-state index is 12.7. The van der Waals surface area contributed by atoms with Gasteiger partial charge < -0.3 is 29.5 Å². The summed E-state index contributed by atoms with van der Waals surface area (Å²) in [6.45, 7) is 0.529. The minimum atomic E-state index is -1.26. The number of nitrogens with zero attached hydrogens (tertiary/aromatic N) is 4. The first-order valence-electron chi connectivity index (χ1n) is 12.3. The van der Waals surface area contributed by atoms with E-state index in [1.165, 1.54) is 54.6 Å². The van der Waals surface area contributed by atoms with Gasteiger partial charge in [-0.1, -0.05) is 0 Å². The Bertz CT molecular complexity index is 1380. The molecule has 0 spiro atoms. The van der Waals surface area contributed by atoms with Crippen molar-refractivity contribution in [3.8, 4) is 5.75 Å². The van der Waals surface area contributed by atoms with Crippen LogP contribution in [0.1, 0.15) is 20.7 Å². The van der Waals surface area contributed by atoms with Crippen molar-refractivity contribution < 1.29 is 39.1 Å². The zero-order valence-electron chi connectivity index (χ0n) is 22.0. The van der Waals surface area contributed by atoms with Crippen molar-refractivity contribution in [2.75, 3.05) is 56.3 Å². The van der Waals surface area contributed by atoms with Crippen molar-refractivity contribution in [2.24, 2.45) is 0 Å². The summed E-state index contributed by atoms with van der Waals surface area (Å²) in [5, 5.41) is 40.6. The number of carbonyl (C=O) groups is 2. The molecule has 3 aromatic carbocycles. The zero-order valence-corrected chi connectivity index (χ0v) is 22.0. The molecule has 0 atom stereocenters. The van der Waals surface area contributed by atoms with E-state index in [1.54, 1.807) is 29.0 Å². The first-order valence-corrected chi connectivity index (χ1v) is 12.3. The molecule has 0 radical (unpaired) electrons. The molecule has 3 rings (SSSR count). The quantitative estimate of drug-likeness (QED) is 0.155. The van der Waals surface area contributed by atoms with E-state index in [9.17, 15) is 40.0 Å². The first kappa shape index (κ1) is 30.3. The second-order valence-electron chi connectivity index (χ2n) is 8.71. The van der Waals surface area contributed by atoms with Crippen LogP contribution in [-0.2, 0) is 4.74 Å². The largest absolute Gasteiger partial charge is 0.492 e. The Kier molecular flexibility index (Phi) is 10.5. The summed E-state index contributed by atoms with van der Waals surface area (Å²) >= 11 is 0. The second kappa shape index (κ2) is 14.2. The Hall–Kier alpha value is -5.24. The topological polar surface area (TPSA) is 186 Å². The maximum absolute atomic E-state index is 12.7. The van der Waals surface area contributed by atoms with Gasteiger partial charge in [-0.2, -0.15) is 0 Å². The number of carbonyl (C=O) groups excluding carboxylic acids is 1. The molecule has 0 aliphatic carbocycles. The van der Waals surface area contributed by atoms with Crippen LogP contribution in [0.15, 0.2) is 66.7 Å². The van der Waals surface area contributed by atoms with Crippen molar-refractivity contribution in [1.82, 2.24) is 0 Å². The van der Waals surface area contributed by atoms with E-state index in [0.717, 1.165) is 0 Å². The molecule has 0 bridgehead atoms. The lowest BCUT2D eigenvalue weighted by Gasteiger charge is -2.23. The number of non-ortho nitro benzene ring substituents is 2. The number of esters is 1. The van der Waals surface area contributed by atoms with E-state index < -0.39 is 21.8 Å². The van der Waals surface area contributed by atoms with E-state index >= 15 is 0 Å². The fourth-order valence-electron chi connectivity index (χ4n) is 3.79. The van der Waals surface area contributed by atoms with Crippen molar-refractivity contribution >= 4 is 34.7 Å². The molecule has 0 heterocycles. The number of rotatable bonds is 15. The first-order chi connectivity index (χ1) is 19.6. The van der Waals surface area contributed by atoms with Crippen LogP contribution in [0.5, 0.6) is 5.75 Å². The number of aromatic carboxylic acids is 1. The maximum Gasteiger partial charge on any atom is 0.338 e. The molecule has 0 aliphatic heterocycles. The molecule has 3 aromatic rings. The second-order valence-corrected chi connectivity index (χ2v) is 8.71. The molecule has 0 aromatic heterocycles. The number of nitro benzene ring substituents is 2. The fraction of sp³-hybridized carbons (Fsp3) is 0.259. The molecule has 14 nitrogen and oxygen atoms in total. The predicted octanol–water partition coefficient (Wildman–Crippen LogP) is 3.37. The Labute approximate surface area is 234 Å². The van der Waals surface area contributed by atoms with Crippen LogP contribution in [0.25, 0.3) is 0 Å². The fourth-order valence-corrected chi connectivity index (χ4v) is 3.79. The van der Waals surface area contributed by atoms with Crippen LogP contribution >= 0.6 is 0 Å². The third kappa shape index (κ3) is 8.63. The number of nitro groups is 2. The summed E-state index contributed by atoms with van der Waals surface area (Å²) in [4.78, 5) is 48.5. The van der Waals surface area contributed by atoms with Gasteiger partial charge in [-0.15, -0.1) is 0 Å². The summed E-state index contributed by atoms with van der Waals surface area (Å²) in [6, 6.07) is 15.5. The van der Waals surface area contributed by atoms with Crippen LogP contribution in [0.2, 0.25) is 0 Å². The van der Waals surface area contributed by atoms with Gasteiger partial charge in [0.05, 0.1) is 40.7 Å². The monoisotopic (exact) mass is 568 g/mol. The van der Waals surface area contributed by atoms with E-state index in [0.29, 0.717) is 17.9 Å². The minimum Gasteiger partial charge on any atom is -0.492 e. The lowest BCUT2D eigenvalue weighted by molar-refractivity contribution is -0.385. The summed E-state index contributed by atoms with van der Waals surface area (Å²) in [5.41, 5.74) is 0.975. The Morgan fingerprint density at radius 2 is 1.37 bits per heavy atom. The van der Waals surface area contributed by atoms with E-state index in [2.05, 4.69) is 0 Å². The average Bonchev–Trinajstić information content (AvgIpc) is 2.96. The van der Waals surface area contributed by atoms with Gasteiger partial charge in [0, 0.05) is 49.2 Å². The molecule has 0 saturated heterocycles. The standard InChI is InChI=1S/C27H28N4O10/c1-28(21-2-6-23(7-3-21)30(36)37)11-14-40-25-17-19(26(33)34)16-20(18-25)27(35)41-15-12-29(10-13-32)22-4-8-24(9-5-22)31(38)39/h2-9,16-18,32H,10-15H2,1H3,(H,33,34). The summed E-state index contributed by atoms with van der Waals surface area (Å²) in [7, 11) is 1.76. The molecule has 41 heavy (non-hydrogen) atoms. The highest BCUT2D eigenvalue weighted by Gasteiger charge is 2.16. The number of hydrogen-bond acceptors (Lipinski definition) is 11. The third-order valence-corrected chi connectivity index (χ3v) is 5.98. The molecule has 0 aliphatic rings. The van der Waals surface area contributed by atoms with Gasteiger partial charge >= 0.3 is 11.9 Å². The molecule has 0 amide bonds. The van der Waals surface area contributed by atoms with Gasteiger partial charge in [-0.3, -0.25) is 20.2 Å². The van der Waals surface area contributed by atoms with Gasteiger partial charge in [0.15, 0.2) is 0 Å². The molecular weight excluding hydrogens is 540 g/mol. The highest BCUT2D eigenvalue weighted by Crippen LogP contribution is 2.22. The van der Waals surface area contributed by atoms with Gasteiger partial charge in [0.25, 0.3) is 11.4 Å². The van der Waals surface area contributed by atoms with Crippen LogP contribution in [0.4, 0.5) is 22.7 Å². The predicted molar refractivity (Wildman–Crippen MR) is 148 cm³/mol. The smallest absolute Gasteiger partial charge is 0.338 e. The number of aliphatic hydroxyl groups is 1. The van der Waals surface area contributed by atoms with Gasteiger partial charge in [0.1, 0.15) is 19.0 Å². The third-order valence-electron chi connectivity index (χ3n) is 5.98. The Balaban J connectivity index is 1.60. The zero-order chi connectivity index (χ0) is 29.9. The number of anilines is 2. The lowest BCUT2D eigenvalue weighted by Crippen LogP contribution is -2.31. The molecule has 216 valence electrons. The Morgan fingerprint density at radius 1 is 0.805 bits per heavy atom. The molecule has 0 fully saturated rings. The van der Waals surface area contributed by atoms with E-state index in [1.807, 2.05) is 0 Å². The summed E-state index contributed by atoms with van der Waals surface area (Å²) in [6.07, 6.45) is 0. The van der Waals surface area contributed by atoms with Crippen LogP contribution in [0.3, 0.4) is 0 Å². The van der Waals surface area contributed by atoms with Crippen molar-refractivity contribution in [2.45, 2.75) is 0 Å². The summed E-state index contributed by atoms with van der Waals surface area (Å²) < 4.78 is 11.0.